The molecule has 0 atom stereocenters. The van der Waals surface area contributed by atoms with E-state index in [-0.39, 0.29) is 11.2 Å². The highest BCUT2D eigenvalue weighted by molar-refractivity contribution is 5.30. The average Bonchev–Trinajstić information content (AvgIpc) is 2.15. The molecule has 1 fully saturated rings. The van der Waals surface area contributed by atoms with Gasteiger partial charge in [-0.15, -0.1) is 0 Å². The third kappa shape index (κ3) is 1.88. The predicted molar refractivity (Wildman–Crippen MR) is 56.1 cm³/mol. The third-order valence-electron chi connectivity index (χ3n) is 3.18. The molecule has 0 bridgehead atoms. The van der Waals surface area contributed by atoms with E-state index in [1.165, 1.54) is 12.1 Å². The quantitative estimate of drug-likeness (QED) is 0.809. The van der Waals surface area contributed by atoms with Crippen molar-refractivity contribution in [3.63, 3.8) is 0 Å². The molecular formula is C12H15F2N. The van der Waals surface area contributed by atoms with Gasteiger partial charge in [-0.2, -0.15) is 0 Å². The summed E-state index contributed by atoms with van der Waals surface area (Å²) in [7, 11) is 1.84. The van der Waals surface area contributed by atoms with Crippen molar-refractivity contribution in [2.24, 2.45) is 0 Å². The fourth-order valence-corrected chi connectivity index (χ4v) is 2.43. The molecule has 1 N–H and O–H groups in total. The Morgan fingerprint density at radius 1 is 1.47 bits per heavy atom. The first-order valence-electron chi connectivity index (χ1n) is 5.21. The van der Waals surface area contributed by atoms with Gasteiger partial charge in [-0.05, 0) is 37.6 Å². The maximum Gasteiger partial charge on any atom is 0.123 e. The van der Waals surface area contributed by atoms with Gasteiger partial charge in [-0.1, -0.05) is 12.1 Å². The molecule has 1 saturated carbocycles. The Balaban J connectivity index is 2.26. The number of rotatable bonds is 3. The van der Waals surface area contributed by atoms with Gasteiger partial charge in [-0.3, -0.25) is 0 Å². The first kappa shape index (κ1) is 10.6. The van der Waals surface area contributed by atoms with Crippen LogP contribution in [0.3, 0.4) is 0 Å². The fraction of sp³-hybridized carbons (Fsp3) is 0.500. The largest absolute Gasteiger partial charge is 0.319 e. The minimum Gasteiger partial charge on any atom is -0.319 e. The number of nitrogens with one attached hydrogen (secondary N) is 1. The van der Waals surface area contributed by atoms with E-state index in [1.54, 1.807) is 6.07 Å². The molecule has 0 radical (unpaired) electrons. The van der Waals surface area contributed by atoms with E-state index in [9.17, 15) is 8.78 Å². The lowest BCUT2D eigenvalue weighted by molar-refractivity contribution is 0.0938. The van der Waals surface area contributed by atoms with E-state index >= 15 is 0 Å². The Bertz CT molecular complexity index is 340. The molecular weight excluding hydrogens is 196 g/mol. The smallest absolute Gasteiger partial charge is 0.123 e. The van der Waals surface area contributed by atoms with Crippen molar-refractivity contribution in [3.05, 3.63) is 35.6 Å². The van der Waals surface area contributed by atoms with Gasteiger partial charge >= 0.3 is 0 Å². The van der Waals surface area contributed by atoms with Crippen LogP contribution < -0.4 is 5.32 Å². The summed E-state index contributed by atoms with van der Waals surface area (Å²) in [6.45, 7) is 0.705. The van der Waals surface area contributed by atoms with Crippen LogP contribution >= 0.6 is 0 Å². The molecule has 0 heterocycles. The Hall–Kier alpha value is -0.960. The molecule has 15 heavy (non-hydrogen) atoms. The maximum absolute atomic E-state index is 13.1. The summed E-state index contributed by atoms with van der Waals surface area (Å²) in [6.07, 6.45) is 0.260. The minimum absolute atomic E-state index is 0.198. The Labute approximate surface area is 88.5 Å². The average molecular weight is 211 g/mol. The molecule has 0 spiro atoms. The van der Waals surface area contributed by atoms with E-state index in [2.05, 4.69) is 5.32 Å². The molecule has 0 unspecified atom stereocenters. The summed E-state index contributed by atoms with van der Waals surface area (Å²) in [4.78, 5) is 0. The highest BCUT2D eigenvalue weighted by Crippen LogP contribution is 2.45. The molecule has 1 aromatic rings. The van der Waals surface area contributed by atoms with Crippen molar-refractivity contribution in [1.29, 1.82) is 0 Å². The van der Waals surface area contributed by atoms with Crippen molar-refractivity contribution >= 4 is 0 Å². The van der Waals surface area contributed by atoms with E-state index < -0.39 is 6.17 Å². The number of hydrogen-bond donors (Lipinski definition) is 1. The van der Waals surface area contributed by atoms with E-state index in [4.69, 9.17) is 0 Å². The molecule has 0 aliphatic heterocycles. The molecule has 0 amide bonds. The number of hydrogen-bond acceptors (Lipinski definition) is 1. The summed E-state index contributed by atoms with van der Waals surface area (Å²) in [5.74, 6) is -0.245. The molecule has 3 heteroatoms. The third-order valence-corrected chi connectivity index (χ3v) is 3.18. The van der Waals surface area contributed by atoms with Crippen molar-refractivity contribution in [3.8, 4) is 0 Å². The van der Waals surface area contributed by atoms with Crippen LogP contribution in [0.1, 0.15) is 18.4 Å². The van der Waals surface area contributed by atoms with Crippen molar-refractivity contribution in [1.82, 2.24) is 5.32 Å². The Morgan fingerprint density at radius 3 is 2.73 bits per heavy atom. The lowest BCUT2D eigenvalue weighted by Gasteiger charge is -2.44. The highest BCUT2D eigenvalue weighted by atomic mass is 19.1. The molecule has 1 aromatic carbocycles. The van der Waals surface area contributed by atoms with Gasteiger partial charge in [0.1, 0.15) is 12.0 Å². The fourth-order valence-electron chi connectivity index (χ4n) is 2.43. The standard InChI is InChI=1S/C12H15F2N/c1-15-8-12(6-11(14)7-12)9-3-2-4-10(13)5-9/h2-5,11,15H,6-8H2,1H3. The summed E-state index contributed by atoms with van der Waals surface area (Å²) in [5, 5.41) is 3.06. The number of likely N-dealkylation sites (N-methyl/N-ethyl adjacent to an activating group) is 1. The summed E-state index contributed by atoms with van der Waals surface area (Å²) >= 11 is 0. The van der Waals surface area contributed by atoms with Crippen LogP contribution in [0.2, 0.25) is 0 Å². The number of alkyl halides is 1. The van der Waals surface area contributed by atoms with Gasteiger partial charge in [0.25, 0.3) is 0 Å². The van der Waals surface area contributed by atoms with Crippen LogP contribution in [0.15, 0.2) is 24.3 Å². The first-order chi connectivity index (χ1) is 7.16. The maximum atomic E-state index is 13.1. The normalized spacial score (nSPS) is 29.9. The van der Waals surface area contributed by atoms with Crippen molar-refractivity contribution < 1.29 is 8.78 Å². The zero-order chi connectivity index (χ0) is 10.9. The zero-order valence-electron chi connectivity index (χ0n) is 8.76. The van der Waals surface area contributed by atoms with Crippen molar-refractivity contribution in [2.75, 3.05) is 13.6 Å². The highest BCUT2D eigenvalue weighted by Gasteiger charge is 2.45. The second kappa shape index (κ2) is 3.89. The molecule has 1 aliphatic carbocycles. The number of halogens is 2. The zero-order valence-corrected chi connectivity index (χ0v) is 8.76. The van der Waals surface area contributed by atoms with Crippen LogP contribution in [0, 0.1) is 5.82 Å². The Morgan fingerprint density at radius 2 is 2.20 bits per heavy atom. The lowest BCUT2D eigenvalue weighted by atomic mass is 9.63. The summed E-state index contributed by atoms with van der Waals surface area (Å²) in [6, 6.07) is 6.51. The monoisotopic (exact) mass is 211 g/mol. The topological polar surface area (TPSA) is 12.0 Å². The summed E-state index contributed by atoms with van der Waals surface area (Å²) < 4.78 is 26.1. The van der Waals surface area contributed by atoms with E-state index in [0.29, 0.717) is 19.4 Å². The van der Waals surface area contributed by atoms with Crippen LogP contribution in [-0.4, -0.2) is 19.8 Å². The molecule has 2 rings (SSSR count). The van der Waals surface area contributed by atoms with E-state index in [1.807, 2.05) is 13.1 Å². The van der Waals surface area contributed by atoms with Crippen LogP contribution in [0.5, 0.6) is 0 Å². The summed E-state index contributed by atoms with van der Waals surface area (Å²) in [5.41, 5.74) is 0.710. The van der Waals surface area contributed by atoms with Crippen LogP contribution in [0.25, 0.3) is 0 Å². The van der Waals surface area contributed by atoms with Crippen LogP contribution in [-0.2, 0) is 5.41 Å². The van der Waals surface area contributed by atoms with Gasteiger partial charge in [0.15, 0.2) is 0 Å². The van der Waals surface area contributed by atoms with E-state index in [0.717, 1.165) is 5.56 Å². The molecule has 0 saturated heterocycles. The van der Waals surface area contributed by atoms with Crippen molar-refractivity contribution in [2.45, 2.75) is 24.4 Å². The first-order valence-corrected chi connectivity index (χ1v) is 5.21. The Kier molecular flexibility index (Phi) is 2.74. The second-order valence-electron chi connectivity index (χ2n) is 4.33. The molecule has 0 aromatic heterocycles. The van der Waals surface area contributed by atoms with Crippen LogP contribution in [0.4, 0.5) is 8.78 Å². The van der Waals surface area contributed by atoms with Gasteiger partial charge in [0.2, 0.25) is 0 Å². The second-order valence-corrected chi connectivity index (χ2v) is 4.33. The van der Waals surface area contributed by atoms with Gasteiger partial charge < -0.3 is 5.32 Å². The lowest BCUT2D eigenvalue weighted by Crippen LogP contribution is -2.49. The number of benzene rings is 1. The van der Waals surface area contributed by atoms with Gasteiger partial charge in [-0.25, -0.2) is 8.78 Å². The van der Waals surface area contributed by atoms with Gasteiger partial charge in [0.05, 0.1) is 0 Å². The van der Waals surface area contributed by atoms with Gasteiger partial charge in [0, 0.05) is 12.0 Å². The predicted octanol–water partition coefficient (Wildman–Crippen LogP) is 2.41. The molecule has 1 aliphatic rings. The SMILES string of the molecule is CNCC1(c2cccc(F)c2)CC(F)C1. The molecule has 82 valence electrons. The minimum atomic E-state index is -0.735. The molecule has 1 nitrogen and oxygen atoms in total.